The zero-order valence-electron chi connectivity index (χ0n) is 21.3. The third-order valence-electron chi connectivity index (χ3n) is 5.92. The van der Waals surface area contributed by atoms with Crippen molar-refractivity contribution >= 4 is 17.6 Å². The maximum atomic E-state index is 12.6. The summed E-state index contributed by atoms with van der Waals surface area (Å²) in [6, 6.07) is 10.6. The lowest BCUT2D eigenvalue weighted by molar-refractivity contribution is 0.0952. The van der Waals surface area contributed by atoms with Gasteiger partial charge in [-0.05, 0) is 70.2 Å². The molecular weight excluding hydrogens is 446 g/mol. The Balaban J connectivity index is 1.97. The predicted octanol–water partition coefficient (Wildman–Crippen LogP) is 2.72. The number of fused-ring (bicyclic) bond motifs is 1. The van der Waals surface area contributed by atoms with Crippen molar-refractivity contribution in [1.29, 1.82) is 0 Å². The molecule has 1 heterocycles. The fraction of sp³-hybridized carbons (Fsp3) is 0.423. The monoisotopic (exact) mass is 481 g/mol. The third-order valence-corrected chi connectivity index (χ3v) is 5.92. The van der Waals surface area contributed by atoms with Crippen molar-refractivity contribution < 1.29 is 19.1 Å². The van der Waals surface area contributed by atoms with Crippen molar-refractivity contribution in [1.82, 2.24) is 20.5 Å². The van der Waals surface area contributed by atoms with Gasteiger partial charge in [0.15, 0.2) is 11.5 Å². The number of nitrogens with one attached hydrogen (secondary N) is 2. The maximum Gasteiger partial charge on any atom is 0.337 e. The number of ether oxygens (including phenoxy) is 2. The Bertz CT molecular complexity index is 1080. The third kappa shape index (κ3) is 6.10. The minimum absolute atomic E-state index is 0.120. The van der Waals surface area contributed by atoms with Crippen LogP contribution in [0, 0.1) is 0 Å². The van der Waals surface area contributed by atoms with Crippen LogP contribution in [-0.4, -0.2) is 82.1 Å². The number of methoxy groups -OCH3 is 2. The molecule has 0 aliphatic carbocycles. The van der Waals surface area contributed by atoms with Gasteiger partial charge in [-0.3, -0.25) is 4.79 Å². The number of carbonyl (C=O) groups is 2. The van der Waals surface area contributed by atoms with Crippen LogP contribution in [0.2, 0.25) is 0 Å². The molecule has 0 radical (unpaired) electrons. The standard InChI is InChI=1S/C26H35N5O4/c1-17-14-20-15-22(34-5)23(35-6)16-21(20)24(29-31(17)26(33)27-2)18-8-10-19(11-9-18)25(32)28-12-7-13-30(3)4/h8-11,15-17H,7,12-14H2,1-6H3,(H,27,33)(H,28,32). The Kier molecular flexibility index (Phi) is 8.70. The van der Waals surface area contributed by atoms with E-state index >= 15 is 0 Å². The smallest absolute Gasteiger partial charge is 0.337 e. The molecule has 9 nitrogen and oxygen atoms in total. The first-order valence-corrected chi connectivity index (χ1v) is 11.7. The van der Waals surface area contributed by atoms with E-state index in [1.165, 1.54) is 5.01 Å². The first-order chi connectivity index (χ1) is 16.8. The van der Waals surface area contributed by atoms with Gasteiger partial charge < -0.3 is 25.0 Å². The average molecular weight is 482 g/mol. The number of hydrogen-bond acceptors (Lipinski definition) is 6. The van der Waals surface area contributed by atoms with Gasteiger partial charge in [-0.1, -0.05) is 12.1 Å². The molecule has 3 amide bonds. The lowest BCUT2D eigenvalue weighted by Crippen LogP contribution is -2.41. The van der Waals surface area contributed by atoms with E-state index in [1.54, 1.807) is 33.4 Å². The molecule has 2 aromatic rings. The Morgan fingerprint density at radius 3 is 2.37 bits per heavy atom. The second kappa shape index (κ2) is 11.7. The van der Waals surface area contributed by atoms with Crippen LogP contribution in [0.5, 0.6) is 11.5 Å². The van der Waals surface area contributed by atoms with Gasteiger partial charge in [-0.15, -0.1) is 0 Å². The molecule has 0 saturated heterocycles. The Hall–Kier alpha value is -3.59. The molecule has 1 unspecified atom stereocenters. The maximum absolute atomic E-state index is 12.6. The van der Waals surface area contributed by atoms with E-state index in [0.717, 1.165) is 29.7 Å². The van der Waals surface area contributed by atoms with E-state index < -0.39 is 0 Å². The second-order valence-corrected chi connectivity index (χ2v) is 8.76. The van der Waals surface area contributed by atoms with Gasteiger partial charge in [0.1, 0.15) is 0 Å². The van der Waals surface area contributed by atoms with Crippen LogP contribution >= 0.6 is 0 Å². The van der Waals surface area contributed by atoms with Crippen LogP contribution in [-0.2, 0) is 6.42 Å². The number of hydrazone groups is 1. The summed E-state index contributed by atoms with van der Waals surface area (Å²) in [7, 11) is 8.78. The molecule has 0 fully saturated rings. The van der Waals surface area contributed by atoms with Crippen LogP contribution in [0.15, 0.2) is 41.5 Å². The summed E-state index contributed by atoms with van der Waals surface area (Å²) in [5.41, 5.74) is 3.80. The van der Waals surface area contributed by atoms with Crippen molar-refractivity contribution in [2.75, 3.05) is 48.5 Å². The molecular formula is C26H35N5O4. The van der Waals surface area contributed by atoms with Gasteiger partial charge in [0, 0.05) is 30.3 Å². The van der Waals surface area contributed by atoms with Crippen molar-refractivity contribution in [3.63, 3.8) is 0 Å². The molecule has 188 valence electrons. The number of urea groups is 1. The summed E-state index contributed by atoms with van der Waals surface area (Å²) in [4.78, 5) is 27.3. The van der Waals surface area contributed by atoms with Crippen LogP contribution in [0.25, 0.3) is 0 Å². The van der Waals surface area contributed by atoms with Crippen LogP contribution < -0.4 is 20.1 Å². The minimum atomic E-state index is -0.296. The Labute approximate surface area is 207 Å². The second-order valence-electron chi connectivity index (χ2n) is 8.76. The molecule has 1 atom stereocenters. The van der Waals surface area contributed by atoms with Crippen molar-refractivity contribution in [3.8, 4) is 11.5 Å². The van der Waals surface area contributed by atoms with Crippen molar-refractivity contribution in [2.24, 2.45) is 5.10 Å². The quantitative estimate of drug-likeness (QED) is 0.566. The molecule has 1 aliphatic heterocycles. The summed E-state index contributed by atoms with van der Waals surface area (Å²) in [6.45, 7) is 3.47. The van der Waals surface area contributed by atoms with Crippen LogP contribution in [0.3, 0.4) is 0 Å². The number of nitrogens with zero attached hydrogens (tertiary/aromatic N) is 3. The highest BCUT2D eigenvalue weighted by atomic mass is 16.5. The molecule has 0 spiro atoms. The first kappa shape index (κ1) is 26.0. The fourth-order valence-electron chi connectivity index (χ4n) is 4.03. The predicted molar refractivity (Wildman–Crippen MR) is 137 cm³/mol. The van der Waals surface area contributed by atoms with E-state index in [2.05, 4.69) is 15.5 Å². The van der Waals surface area contributed by atoms with Gasteiger partial charge >= 0.3 is 6.03 Å². The van der Waals surface area contributed by atoms with E-state index in [-0.39, 0.29) is 18.0 Å². The summed E-state index contributed by atoms with van der Waals surface area (Å²) in [6.07, 6.45) is 1.47. The van der Waals surface area contributed by atoms with Gasteiger partial charge in [0.25, 0.3) is 5.91 Å². The number of benzene rings is 2. The summed E-state index contributed by atoms with van der Waals surface area (Å²) >= 11 is 0. The van der Waals surface area contributed by atoms with Crippen LogP contribution in [0.4, 0.5) is 4.79 Å². The topological polar surface area (TPSA) is 95.5 Å². The molecule has 1 aliphatic rings. The summed E-state index contributed by atoms with van der Waals surface area (Å²) in [5, 5.41) is 11.8. The number of carbonyl (C=O) groups excluding carboxylic acids is 2. The van der Waals surface area contributed by atoms with Gasteiger partial charge in [-0.2, -0.15) is 5.10 Å². The fourth-order valence-corrected chi connectivity index (χ4v) is 4.03. The minimum Gasteiger partial charge on any atom is -0.493 e. The van der Waals surface area contributed by atoms with Crippen molar-refractivity contribution in [3.05, 3.63) is 58.7 Å². The summed E-state index contributed by atoms with van der Waals surface area (Å²) in [5.74, 6) is 1.08. The van der Waals surface area contributed by atoms with Crippen molar-refractivity contribution in [2.45, 2.75) is 25.8 Å². The lowest BCUT2D eigenvalue weighted by Gasteiger charge is -2.22. The molecule has 2 N–H and O–H groups in total. The normalized spacial score (nSPS) is 15.1. The van der Waals surface area contributed by atoms with E-state index in [1.807, 2.05) is 45.3 Å². The highest BCUT2D eigenvalue weighted by Gasteiger charge is 2.28. The zero-order valence-corrected chi connectivity index (χ0v) is 21.3. The van der Waals surface area contributed by atoms with Gasteiger partial charge in [0.05, 0.1) is 26.0 Å². The van der Waals surface area contributed by atoms with E-state index in [0.29, 0.717) is 35.7 Å². The average Bonchev–Trinajstić information content (AvgIpc) is 3.00. The molecule has 0 saturated carbocycles. The molecule has 2 aromatic carbocycles. The Morgan fingerprint density at radius 2 is 1.77 bits per heavy atom. The van der Waals surface area contributed by atoms with E-state index in [9.17, 15) is 9.59 Å². The molecule has 9 heteroatoms. The first-order valence-electron chi connectivity index (χ1n) is 11.7. The number of amides is 3. The highest BCUT2D eigenvalue weighted by Crippen LogP contribution is 2.34. The highest BCUT2D eigenvalue weighted by molar-refractivity contribution is 6.15. The zero-order chi connectivity index (χ0) is 25.5. The lowest BCUT2D eigenvalue weighted by atomic mass is 9.93. The largest absolute Gasteiger partial charge is 0.493 e. The molecule has 35 heavy (non-hydrogen) atoms. The molecule has 3 rings (SSSR count). The summed E-state index contributed by atoms with van der Waals surface area (Å²) < 4.78 is 11.0. The molecule has 0 aromatic heterocycles. The SMILES string of the molecule is CNC(=O)N1N=C(c2ccc(C(=O)NCCCN(C)C)cc2)c2cc(OC)c(OC)cc2CC1C. The van der Waals surface area contributed by atoms with Gasteiger partial charge in [0.2, 0.25) is 0 Å². The van der Waals surface area contributed by atoms with Crippen LogP contribution in [0.1, 0.15) is 40.4 Å². The molecule has 0 bridgehead atoms. The number of rotatable bonds is 8. The Morgan fingerprint density at radius 1 is 1.11 bits per heavy atom. The van der Waals surface area contributed by atoms with Gasteiger partial charge in [-0.25, -0.2) is 9.80 Å². The number of hydrogen-bond donors (Lipinski definition) is 2. The van der Waals surface area contributed by atoms with E-state index in [4.69, 9.17) is 14.6 Å².